The van der Waals surface area contributed by atoms with Gasteiger partial charge in [-0.15, -0.1) is 12.4 Å². The second-order valence-electron chi connectivity index (χ2n) is 8.24. The van der Waals surface area contributed by atoms with Gasteiger partial charge in [0, 0.05) is 17.3 Å². The Kier molecular flexibility index (Phi) is 10.0. The molecule has 0 bridgehead atoms. The Morgan fingerprint density at radius 1 is 1.06 bits per heavy atom. The monoisotopic (exact) mass is 510 g/mol. The molecule has 1 saturated heterocycles. The number of ether oxygens (including phenoxy) is 3. The average molecular weight is 511 g/mol. The van der Waals surface area contributed by atoms with Crippen LogP contribution in [0.5, 0.6) is 23.0 Å². The molecule has 7 nitrogen and oxygen atoms in total. The van der Waals surface area contributed by atoms with E-state index in [0.717, 1.165) is 43.0 Å². The Bertz CT molecular complexity index is 1160. The quantitative estimate of drug-likeness (QED) is 0.343. The van der Waals surface area contributed by atoms with Crippen LogP contribution in [0.3, 0.4) is 0 Å². The van der Waals surface area contributed by atoms with Crippen molar-refractivity contribution in [2.45, 2.75) is 25.6 Å². The lowest BCUT2D eigenvalue weighted by atomic mass is 10.1. The van der Waals surface area contributed by atoms with E-state index in [4.69, 9.17) is 14.2 Å². The van der Waals surface area contributed by atoms with Crippen molar-refractivity contribution < 1.29 is 24.1 Å². The predicted octanol–water partition coefficient (Wildman–Crippen LogP) is 5.18. The minimum absolute atomic E-state index is 0. The van der Waals surface area contributed by atoms with Gasteiger partial charge in [-0.05, 0) is 80.0 Å². The summed E-state index contributed by atoms with van der Waals surface area (Å²) in [6.07, 6.45) is 5.32. The number of hydrogen-bond donors (Lipinski definition) is 3. The Balaban J connectivity index is 0.00000361. The first kappa shape index (κ1) is 26.9. The molecule has 8 heteroatoms. The highest BCUT2D eigenvalue weighted by Gasteiger charge is 2.14. The van der Waals surface area contributed by atoms with E-state index in [0.29, 0.717) is 23.6 Å². The minimum atomic E-state index is -0.285. The lowest BCUT2D eigenvalue weighted by molar-refractivity contribution is -0.111. The zero-order valence-corrected chi connectivity index (χ0v) is 20.9. The molecule has 0 atom stereocenters. The van der Waals surface area contributed by atoms with Crippen molar-refractivity contribution in [1.82, 2.24) is 5.32 Å². The number of phenolic OH excluding ortho intramolecular Hbond substituents is 1. The summed E-state index contributed by atoms with van der Waals surface area (Å²) in [6, 6.07) is 20.1. The van der Waals surface area contributed by atoms with E-state index in [2.05, 4.69) is 10.6 Å². The van der Waals surface area contributed by atoms with Crippen LogP contribution in [0.15, 0.2) is 72.8 Å². The molecule has 0 aromatic heterocycles. The number of hydrogen-bond acceptors (Lipinski definition) is 6. The van der Waals surface area contributed by atoms with Gasteiger partial charge >= 0.3 is 0 Å². The summed E-state index contributed by atoms with van der Waals surface area (Å²) >= 11 is 0. The molecule has 3 aromatic rings. The third kappa shape index (κ3) is 7.66. The molecule has 1 amide bonds. The summed E-state index contributed by atoms with van der Waals surface area (Å²) in [5, 5.41) is 16.1. The van der Waals surface area contributed by atoms with Crippen LogP contribution in [0.2, 0.25) is 0 Å². The first-order chi connectivity index (χ1) is 17.1. The maximum Gasteiger partial charge on any atom is 0.248 e. The summed E-state index contributed by atoms with van der Waals surface area (Å²) in [5.74, 6) is 1.68. The molecule has 0 saturated carbocycles. The van der Waals surface area contributed by atoms with Crippen LogP contribution in [0.25, 0.3) is 6.08 Å². The van der Waals surface area contributed by atoms with Gasteiger partial charge in [0.1, 0.15) is 24.2 Å². The van der Waals surface area contributed by atoms with Crippen molar-refractivity contribution in [3.63, 3.8) is 0 Å². The average Bonchev–Trinajstić information content (AvgIpc) is 2.88. The number of anilines is 1. The molecule has 0 radical (unpaired) electrons. The predicted molar refractivity (Wildman–Crippen MR) is 143 cm³/mol. The molecular formula is C28H31ClN2O5. The zero-order chi connectivity index (χ0) is 24.5. The van der Waals surface area contributed by atoms with E-state index in [1.165, 1.54) is 19.3 Å². The van der Waals surface area contributed by atoms with Crippen molar-refractivity contribution in [2.24, 2.45) is 0 Å². The molecule has 1 aliphatic heterocycles. The highest BCUT2D eigenvalue weighted by Crippen LogP contribution is 2.27. The van der Waals surface area contributed by atoms with Gasteiger partial charge in [-0.3, -0.25) is 4.79 Å². The zero-order valence-electron chi connectivity index (χ0n) is 20.1. The fraction of sp³-hybridized carbons (Fsp3) is 0.250. The van der Waals surface area contributed by atoms with Gasteiger partial charge in [0.15, 0.2) is 11.5 Å². The van der Waals surface area contributed by atoms with Crippen LogP contribution in [-0.2, 0) is 11.4 Å². The van der Waals surface area contributed by atoms with Crippen LogP contribution in [-0.4, -0.2) is 37.3 Å². The number of piperidine rings is 1. The second kappa shape index (κ2) is 13.4. The van der Waals surface area contributed by atoms with Crippen molar-refractivity contribution >= 4 is 30.1 Å². The number of benzene rings is 3. The summed E-state index contributed by atoms with van der Waals surface area (Å²) in [6.45, 7) is 2.28. The topological polar surface area (TPSA) is 89.1 Å². The van der Waals surface area contributed by atoms with Crippen molar-refractivity contribution in [2.75, 3.05) is 25.5 Å². The van der Waals surface area contributed by atoms with E-state index < -0.39 is 0 Å². The van der Waals surface area contributed by atoms with E-state index in [1.807, 2.05) is 48.5 Å². The standard InChI is InChI=1S/C28H30N2O5.ClH/c1-33-27-12-6-20(18-26(27)31)7-13-28(32)30-25-5-3-2-4-21(25)19-34-22-8-10-23(11-9-22)35-24-14-16-29-17-15-24;/h2-13,18,24,29,31H,14-17,19H2,1H3,(H,30,32);1H/b13-7+;. The Hall–Kier alpha value is -3.68. The normalized spacial score (nSPS) is 13.6. The van der Waals surface area contributed by atoms with Crippen LogP contribution in [0.1, 0.15) is 24.0 Å². The molecule has 1 aliphatic rings. The number of carbonyl (C=O) groups is 1. The molecule has 3 N–H and O–H groups in total. The highest BCUT2D eigenvalue weighted by molar-refractivity contribution is 6.02. The lowest BCUT2D eigenvalue weighted by Crippen LogP contribution is -2.34. The molecular weight excluding hydrogens is 480 g/mol. The molecule has 0 aliphatic carbocycles. The summed E-state index contributed by atoms with van der Waals surface area (Å²) in [7, 11) is 1.49. The van der Waals surface area contributed by atoms with Crippen LogP contribution in [0, 0.1) is 0 Å². The number of nitrogens with one attached hydrogen (secondary N) is 2. The molecule has 1 fully saturated rings. The van der Waals surface area contributed by atoms with E-state index in [9.17, 15) is 9.90 Å². The van der Waals surface area contributed by atoms with E-state index in [-0.39, 0.29) is 30.2 Å². The number of phenols is 1. The number of methoxy groups -OCH3 is 1. The Labute approximate surface area is 217 Å². The van der Waals surface area contributed by atoms with E-state index >= 15 is 0 Å². The Morgan fingerprint density at radius 2 is 1.78 bits per heavy atom. The SMILES string of the molecule is COc1ccc(/C=C/C(=O)Nc2ccccc2COc2ccc(OC3CCNCC3)cc2)cc1O.Cl. The number of halogens is 1. The van der Waals surface area contributed by atoms with Gasteiger partial charge in [-0.1, -0.05) is 24.3 Å². The van der Waals surface area contributed by atoms with Crippen molar-refractivity contribution in [1.29, 1.82) is 0 Å². The molecule has 0 spiro atoms. The first-order valence-corrected chi connectivity index (χ1v) is 11.6. The molecule has 1 heterocycles. The number of rotatable bonds is 9. The van der Waals surface area contributed by atoms with Gasteiger partial charge < -0.3 is 30.0 Å². The second-order valence-corrected chi connectivity index (χ2v) is 8.24. The third-order valence-electron chi connectivity index (χ3n) is 5.71. The largest absolute Gasteiger partial charge is 0.504 e. The van der Waals surface area contributed by atoms with Crippen LogP contribution >= 0.6 is 12.4 Å². The number of amides is 1. The first-order valence-electron chi connectivity index (χ1n) is 11.6. The van der Waals surface area contributed by atoms with Crippen LogP contribution in [0.4, 0.5) is 5.69 Å². The summed E-state index contributed by atoms with van der Waals surface area (Å²) in [5.41, 5.74) is 2.21. The highest BCUT2D eigenvalue weighted by atomic mass is 35.5. The summed E-state index contributed by atoms with van der Waals surface area (Å²) < 4.78 is 17.0. The van der Waals surface area contributed by atoms with Crippen LogP contribution < -0.4 is 24.8 Å². The smallest absolute Gasteiger partial charge is 0.248 e. The summed E-state index contributed by atoms with van der Waals surface area (Å²) in [4.78, 5) is 12.5. The third-order valence-corrected chi connectivity index (χ3v) is 5.71. The number of carbonyl (C=O) groups excluding carboxylic acids is 1. The maximum atomic E-state index is 12.5. The Morgan fingerprint density at radius 3 is 2.50 bits per heavy atom. The fourth-order valence-electron chi connectivity index (χ4n) is 3.81. The fourth-order valence-corrected chi connectivity index (χ4v) is 3.81. The molecule has 3 aromatic carbocycles. The van der Waals surface area contributed by atoms with Gasteiger partial charge in [0.2, 0.25) is 5.91 Å². The lowest BCUT2D eigenvalue weighted by Gasteiger charge is -2.23. The van der Waals surface area contributed by atoms with Gasteiger partial charge in [0.25, 0.3) is 0 Å². The molecule has 36 heavy (non-hydrogen) atoms. The maximum absolute atomic E-state index is 12.5. The van der Waals surface area contributed by atoms with Crippen molar-refractivity contribution in [3.8, 4) is 23.0 Å². The molecule has 4 rings (SSSR count). The number of aromatic hydroxyl groups is 1. The molecule has 0 unspecified atom stereocenters. The number of para-hydroxylation sites is 1. The van der Waals surface area contributed by atoms with Gasteiger partial charge in [-0.2, -0.15) is 0 Å². The van der Waals surface area contributed by atoms with Gasteiger partial charge in [-0.25, -0.2) is 0 Å². The van der Waals surface area contributed by atoms with Crippen molar-refractivity contribution in [3.05, 3.63) is 83.9 Å². The molecule has 190 valence electrons. The van der Waals surface area contributed by atoms with Gasteiger partial charge in [0.05, 0.1) is 7.11 Å². The van der Waals surface area contributed by atoms with E-state index in [1.54, 1.807) is 18.2 Å². The minimum Gasteiger partial charge on any atom is -0.504 e.